The molecule has 4 rings (SSSR count). The first-order valence-corrected chi connectivity index (χ1v) is 10.9. The summed E-state index contributed by atoms with van der Waals surface area (Å²) in [7, 11) is 1.66. The highest BCUT2D eigenvalue weighted by atomic mass is 32.2. The van der Waals surface area contributed by atoms with Crippen LogP contribution in [0.5, 0.6) is 5.75 Å². The van der Waals surface area contributed by atoms with Gasteiger partial charge in [-0.05, 0) is 37.2 Å². The van der Waals surface area contributed by atoms with E-state index in [-0.39, 0.29) is 0 Å². The van der Waals surface area contributed by atoms with Crippen molar-refractivity contribution in [3.63, 3.8) is 0 Å². The van der Waals surface area contributed by atoms with Crippen LogP contribution in [-0.2, 0) is 6.54 Å². The number of ether oxygens (including phenoxy) is 1. The van der Waals surface area contributed by atoms with Gasteiger partial charge in [-0.25, -0.2) is 15.0 Å². The van der Waals surface area contributed by atoms with Gasteiger partial charge in [0.1, 0.15) is 12.1 Å². The summed E-state index contributed by atoms with van der Waals surface area (Å²) >= 11 is 1.55. The summed E-state index contributed by atoms with van der Waals surface area (Å²) in [4.78, 5) is 14.3. The van der Waals surface area contributed by atoms with Gasteiger partial charge in [-0.3, -0.25) is 5.10 Å². The van der Waals surface area contributed by atoms with Gasteiger partial charge in [0, 0.05) is 29.2 Å². The zero-order valence-electron chi connectivity index (χ0n) is 17.8. The van der Waals surface area contributed by atoms with Crippen LogP contribution < -0.4 is 15.8 Å². The molecule has 0 radical (unpaired) electrons. The molecule has 0 spiro atoms. The zero-order valence-corrected chi connectivity index (χ0v) is 18.6. The summed E-state index contributed by atoms with van der Waals surface area (Å²) in [6, 6.07) is 8.34. The third kappa shape index (κ3) is 4.64. The van der Waals surface area contributed by atoms with E-state index in [4.69, 9.17) is 15.5 Å². The number of aryl methyl sites for hydroxylation is 1. The van der Waals surface area contributed by atoms with Crippen molar-refractivity contribution in [1.82, 2.24) is 35.0 Å². The monoisotopic (exact) mass is 438 g/mol. The number of hydrogen-bond donors (Lipinski definition) is 3. The molecular formula is C21H26N8OS. The summed E-state index contributed by atoms with van der Waals surface area (Å²) in [5.74, 6) is 1.15. The molecule has 0 fully saturated rings. The maximum Gasteiger partial charge on any atom is 0.175 e. The smallest absolute Gasteiger partial charge is 0.175 e. The van der Waals surface area contributed by atoms with Gasteiger partial charge in [-0.1, -0.05) is 25.6 Å². The Bertz CT molecular complexity index is 1160. The van der Waals surface area contributed by atoms with E-state index in [0.29, 0.717) is 17.4 Å². The molecule has 0 saturated heterocycles. The Labute approximate surface area is 184 Å². The standard InChI is InChI=1S/C21H26N8OS/c1-13(2)23-8-4-10-29-20-18(19(22)24-12-25-20)27-21(29)31-17-11-14(30-3)5-6-15(17)16-7-9-26-28-16/h5-7,9,11-13,23H,4,8,10H2,1-3H3,(H,26,28)(H2,22,24,25). The van der Waals surface area contributed by atoms with Crippen LogP contribution >= 0.6 is 11.8 Å². The number of imidazole rings is 1. The Morgan fingerprint density at radius 2 is 2.13 bits per heavy atom. The summed E-state index contributed by atoms with van der Waals surface area (Å²) < 4.78 is 7.57. The number of aromatic nitrogens is 6. The van der Waals surface area contributed by atoms with Crippen LogP contribution in [0.4, 0.5) is 5.82 Å². The number of fused-ring (bicyclic) bond motifs is 1. The highest BCUT2D eigenvalue weighted by molar-refractivity contribution is 7.99. The molecular weight excluding hydrogens is 412 g/mol. The van der Waals surface area contributed by atoms with Gasteiger partial charge in [-0.2, -0.15) is 5.10 Å². The number of nitrogens with zero attached hydrogens (tertiary/aromatic N) is 5. The molecule has 1 aromatic carbocycles. The second-order valence-electron chi connectivity index (χ2n) is 7.37. The van der Waals surface area contributed by atoms with Crippen LogP contribution in [0.1, 0.15) is 20.3 Å². The predicted octanol–water partition coefficient (Wildman–Crippen LogP) is 3.35. The van der Waals surface area contributed by atoms with E-state index in [1.165, 1.54) is 6.33 Å². The second kappa shape index (κ2) is 9.36. The number of anilines is 1. The minimum Gasteiger partial charge on any atom is -0.497 e. The van der Waals surface area contributed by atoms with Gasteiger partial charge in [0.25, 0.3) is 0 Å². The van der Waals surface area contributed by atoms with Gasteiger partial charge in [0.2, 0.25) is 0 Å². The highest BCUT2D eigenvalue weighted by Gasteiger charge is 2.18. The molecule has 0 aliphatic rings. The number of methoxy groups -OCH3 is 1. The van der Waals surface area contributed by atoms with E-state index in [9.17, 15) is 0 Å². The molecule has 3 heterocycles. The normalized spacial score (nSPS) is 11.5. The third-order valence-electron chi connectivity index (χ3n) is 4.82. The summed E-state index contributed by atoms with van der Waals surface area (Å²) in [6.45, 7) is 5.95. The number of aromatic amines is 1. The number of nitrogens with two attached hydrogens (primary N) is 1. The predicted molar refractivity (Wildman–Crippen MR) is 122 cm³/mol. The lowest BCUT2D eigenvalue weighted by Crippen LogP contribution is -2.24. The lowest BCUT2D eigenvalue weighted by Gasteiger charge is -2.12. The van der Waals surface area contributed by atoms with E-state index in [1.54, 1.807) is 25.1 Å². The van der Waals surface area contributed by atoms with Crippen LogP contribution in [0, 0.1) is 0 Å². The number of rotatable bonds is 9. The summed E-state index contributed by atoms with van der Waals surface area (Å²) in [5, 5.41) is 11.4. The van der Waals surface area contributed by atoms with Gasteiger partial charge >= 0.3 is 0 Å². The van der Waals surface area contributed by atoms with Crippen molar-refractivity contribution in [1.29, 1.82) is 0 Å². The van der Waals surface area contributed by atoms with Crippen LogP contribution in [0.3, 0.4) is 0 Å². The maximum atomic E-state index is 6.10. The first-order valence-electron chi connectivity index (χ1n) is 10.1. The number of nitrogens with one attached hydrogen (secondary N) is 2. The maximum absolute atomic E-state index is 6.10. The highest BCUT2D eigenvalue weighted by Crippen LogP contribution is 2.38. The Kier molecular flexibility index (Phi) is 6.38. The molecule has 0 bridgehead atoms. The molecule has 31 heavy (non-hydrogen) atoms. The number of benzene rings is 1. The molecule has 0 aliphatic heterocycles. The SMILES string of the molecule is COc1ccc(-c2ccn[nH]2)c(Sc2nc3c(N)ncnc3n2CCCNC(C)C)c1. The first-order chi connectivity index (χ1) is 15.1. The van der Waals surface area contributed by atoms with Crippen LogP contribution in [0.2, 0.25) is 0 Å². The molecule has 3 aromatic heterocycles. The fourth-order valence-electron chi connectivity index (χ4n) is 3.28. The van der Waals surface area contributed by atoms with Crippen molar-refractivity contribution >= 4 is 28.7 Å². The molecule has 9 nitrogen and oxygen atoms in total. The van der Waals surface area contributed by atoms with Crippen molar-refractivity contribution < 1.29 is 4.74 Å². The van der Waals surface area contributed by atoms with E-state index in [2.05, 4.69) is 43.9 Å². The molecule has 0 amide bonds. The zero-order chi connectivity index (χ0) is 21.8. The van der Waals surface area contributed by atoms with Gasteiger partial charge < -0.3 is 20.4 Å². The lowest BCUT2D eigenvalue weighted by molar-refractivity contribution is 0.414. The lowest BCUT2D eigenvalue weighted by atomic mass is 10.1. The first kappa shape index (κ1) is 21.1. The third-order valence-corrected chi connectivity index (χ3v) is 5.87. The number of nitrogen functional groups attached to an aromatic ring is 1. The van der Waals surface area contributed by atoms with Crippen molar-refractivity contribution in [2.45, 2.75) is 42.9 Å². The summed E-state index contributed by atoms with van der Waals surface area (Å²) in [6.07, 6.45) is 4.16. The Balaban J connectivity index is 1.73. The Hall–Kier alpha value is -3.11. The van der Waals surface area contributed by atoms with Crippen molar-refractivity contribution in [3.05, 3.63) is 36.8 Å². The Morgan fingerprint density at radius 1 is 1.26 bits per heavy atom. The minimum absolute atomic E-state index is 0.380. The van der Waals surface area contributed by atoms with Gasteiger partial charge in [0.15, 0.2) is 22.1 Å². The van der Waals surface area contributed by atoms with Crippen LogP contribution in [-0.4, -0.2) is 49.4 Å². The average molecular weight is 439 g/mol. The van der Waals surface area contributed by atoms with Gasteiger partial charge in [0.05, 0.1) is 12.8 Å². The topological polar surface area (TPSA) is 120 Å². The molecule has 0 atom stereocenters. The molecule has 0 saturated carbocycles. The quantitative estimate of drug-likeness (QED) is 0.340. The molecule has 4 N–H and O–H groups in total. The van der Waals surface area contributed by atoms with E-state index >= 15 is 0 Å². The van der Waals surface area contributed by atoms with Crippen molar-refractivity contribution in [3.8, 4) is 17.0 Å². The molecule has 10 heteroatoms. The molecule has 0 aliphatic carbocycles. The minimum atomic E-state index is 0.380. The summed E-state index contributed by atoms with van der Waals surface area (Å²) in [5.41, 5.74) is 9.40. The van der Waals surface area contributed by atoms with Crippen molar-refractivity contribution in [2.75, 3.05) is 19.4 Å². The van der Waals surface area contributed by atoms with E-state index in [1.807, 2.05) is 24.3 Å². The molecule has 4 aromatic rings. The van der Waals surface area contributed by atoms with E-state index < -0.39 is 0 Å². The fraction of sp³-hybridized carbons (Fsp3) is 0.333. The number of H-pyrrole nitrogens is 1. The van der Waals surface area contributed by atoms with Gasteiger partial charge in [-0.15, -0.1) is 0 Å². The van der Waals surface area contributed by atoms with Crippen molar-refractivity contribution in [2.24, 2.45) is 0 Å². The second-order valence-corrected chi connectivity index (χ2v) is 8.38. The number of hydrogen-bond acceptors (Lipinski definition) is 8. The molecule has 162 valence electrons. The van der Waals surface area contributed by atoms with Crippen LogP contribution in [0.25, 0.3) is 22.4 Å². The largest absolute Gasteiger partial charge is 0.497 e. The van der Waals surface area contributed by atoms with E-state index in [0.717, 1.165) is 52.2 Å². The fourth-order valence-corrected chi connectivity index (χ4v) is 4.37. The Morgan fingerprint density at radius 3 is 2.87 bits per heavy atom. The average Bonchev–Trinajstić information content (AvgIpc) is 3.40. The molecule has 0 unspecified atom stereocenters. The van der Waals surface area contributed by atoms with Crippen LogP contribution in [0.15, 0.2) is 46.8 Å².